The van der Waals surface area contributed by atoms with Crippen LogP contribution in [-0.2, 0) is 6.54 Å². The van der Waals surface area contributed by atoms with Crippen LogP contribution in [0.5, 0.6) is 0 Å². The number of carbonyl (C=O) groups excluding carboxylic acids is 1. The van der Waals surface area contributed by atoms with Crippen molar-refractivity contribution in [2.75, 3.05) is 10.6 Å². The molecule has 0 saturated carbocycles. The molecular weight excluding hydrogens is 530 g/mol. The molecular formula is C29H22ClN7OS. The lowest BCUT2D eigenvalue weighted by molar-refractivity contribution is 0.102. The maximum atomic E-state index is 13.5. The second kappa shape index (κ2) is 11.8. The highest BCUT2D eigenvalue weighted by molar-refractivity contribution is 7.21. The van der Waals surface area contributed by atoms with Crippen LogP contribution in [-0.4, -0.2) is 30.8 Å². The summed E-state index contributed by atoms with van der Waals surface area (Å²) in [7, 11) is 0. The molecule has 4 heterocycles. The Kier molecular flexibility index (Phi) is 7.81. The summed E-state index contributed by atoms with van der Waals surface area (Å²) in [6.07, 6.45) is 5.26. The number of para-hydroxylation sites is 1. The van der Waals surface area contributed by atoms with Gasteiger partial charge in [-0.25, -0.2) is 15.0 Å². The van der Waals surface area contributed by atoms with E-state index in [1.807, 2.05) is 78.9 Å². The van der Waals surface area contributed by atoms with Crippen molar-refractivity contribution in [1.29, 1.82) is 0 Å². The molecule has 6 rings (SSSR count). The van der Waals surface area contributed by atoms with E-state index in [1.165, 1.54) is 11.3 Å². The molecule has 0 unspecified atom stereocenters. The van der Waals surface area contributed by atoms with E-state index in [1.54, 1.807) is 24.7 Å². The number of fused-ring (bicyclic) bond motifs is 1. The van der Waals surface area contributed by atoms with E-state index < -0.39 is 0 Å². The predicted molar refractivity (Wildman–Crippen MR) is 157 cm³/mol. The molecule has 0 saturated heterocycles. The highest BCUT2D eigenvalue weighted by atomic mass is 35.5. The average Bonchev–Trinajstić information content (AvgIpc) is 3.41. The molecule has 0 radical (unpaired) electrons. The summed E-state index contributed by atoms with van der Waals surface area (Å²) >= 11 is 1.53. The SMILES string of the molecule is Cl.O=C(Nc1ccccc1-c1nc2ccncc2s1)c1cc(NCc2ccccn2)nc(-c2ccccc2)n1. The fourth-order valence-electron chi connectivity index (χ4n) is 3.91. The third-order valence-electron chi connectivity index (χ3n) is 5.76. The Bertz CT molecular complexity index is 1700. The molecule has 4 aromatic heterocycles. The number of benzene rings is 2. The van der Waals surface area contributed by atoms with Crippen LogP contribution in [0.4, 0.5) is 11.5 Å². The van der Waals surface area contributed by atoms with Crippen molar-refractivity contribution in [3.05, 3.63) is 115 Å². The number of nitrogens with zero attached hydrogens (tertiary/aromatic N) is 5. The smallest absolute Gasteiger partial charge is 0.274 e. The Morgan fingerprint density at radius 3 is 2.49 bits per heavy atom. The molecule has 0 aliphatic heterocycles. The number of thiazole rings is 1. The molecule has 6 aromatic rings. The van der Waals surface area contributed by atoms with Crippen molar-refractivity contribution in [2.24, 2.45) is 0 Å². The van der Waals surface area contributed by atoms with Gasteiger partial charge in [-0.3, -0.25) is 14.8 Å². The molecule has 1 amide bonds. The van der Waals surface area contributed by atoms with Crippen molar-refractivity contribution in [2.45, 2.75) is 6.54 Å². The summed E-state index contributed by atoms with van der Waals surface area (Å²) < 4.78 is 0.982. The van der Waals surface area contributed by atoms with Gasteiger partial charge < -0.3 is 10.6 Å². The van der Waals surface area contributed by atoms with Gasteiger partial charge in [0, 0.05) is 35.8 Å². The largest absolute Gasteiger partial charge is 0.364 e. The topological polar surface area (TPSA) is 106 Å². The number of rotatable bonds is 7. The van der Waals surface area contributed by atoms with E-state index in [2.05, 4.69) is 30.6 Å². The lowest BCUT2D eigenvalue weighted by Crippen LogP contribution is -2.16. The average molecular weight is 552 g/mol. The molecule has 8 nitrogen and oxygen atoms in total. The van der Waals surface area contributed by atoms with E-state index in [0.29, 0.717) is 23.9 Å². The standard InChI is InChI=1S/C29H21N7OS.ClH/c37-28(34-22-12-5-4-11-21(22)29-35-23-13-15-30-18-25(23)38-29)24-16-26(32-17-20-10-6-7-14-31-20)36-27(33-24)19-8-2-1-3-9-19;/h1-16,18H,17H2,(H,34,37)(H,32,33,36);1H. The number of hydrogen-bond acceptors (Lipinski definition) is 8. The molecule has 0 bridgehead atoms. The molecule has 192 valence electrons. The Morgan fingerprint density at radius 1 is 0.846 bits per heavy atom. The van der Waals surface area contributed by atoms with Crippen LogP contribution >= 0.6 is 23.7 Å². The van der Waals surface area contributed by atoms with Gasteiger partial charge in [-0.15, -0.1) is 23.7 Å². The summed E-state index contributed by atoms with van der Waals surface area (Å²) in [5.41, 5.74) is 4.25. The lowest BCUT2D eigenvalue weighted by Gasteiger charge is -2.12. The van der Waals surface area contributed by atoms with Gasteiger partial charge in [0.1, 0.15) is 16.5 Å². The van der Waals surface area contributed by atoms with Crippen LogP contribution < -0.4 is 10.6 Å². The number of carbonyl (C=O) groups is 1. The van der Waals surface area contributed by atoms with Gasteiger partial charge >= 0.3 is 0 Å². The van der Waals surface area contributed by atoms with Gasteiger partial charge in [-0.2, -0.15) is 0 Å². The minimum atomic E-state index is -0.347. The molecule has 0 fully saturated rings. The number of anilines is 2. The highest BCUT2D eigenvalue weighted by Gasteiger charge is 2.17. The van der Waals surface area contributed by atoms with Crippen molar-refractivity contribution in [3.63, 3.8) is 0 Å². The van der Waals surface area contributed by atoms with Gasteiger partial charge in [0.05, 0.1) is 28.1 Å². The first-order valence-corrected chi connectivity index (χ1v) is 12.7. The Hall–Kier alpha value is -4.73. The van der Waals surface area contributed by atoms with Crippen molar-refractivity contribution < 1.29 is 4.79 Å². The minimum absolute atomic E-state index is 0. The summed E-state index contributed by atoms with van der Waals surface area (Å²) in [6, 6.07) is 26.4. The second-order valence-corrected chi connectivity index (χ2v) is 9.40. The number of hydrogen-bond donors (Lipinski definition) is 2. The number of halogens is 1. The first-order valence-electron chi connectivity index (χ1n) is 11.9. The molecule has 0 atom stereocenters. The summed E-state index contributed by atoms with van der Waals surface area (Å²) in [4.78, 5) is 36.0. The van der Waals surface area contributed by atoms with Gasteiger partial charge in [0.2, 0.25) is 0 Å². The fraction of sp³-hybridized carbons (Fsp3) is 0.0345. The molecule has 10 heteroatoms. The predicted octanol–water partition coefficient (Wildman–Crippen LogP) is 6.50. The lowest BCUT2D eigenvalue weighted by atomic mass is 10.1. The third-order valence-corrected chi connectivity index (χ3v) is 6.80. The van der Waals surface area contributed by atoms with E-state index in [4.69, 9.17) is 4.98 Å². The maximum Gasteiger partial charge on any atom is 0.274 e. The Morgan fingerprint density at radius 2 is 1.67 bits per heavy atom. The first-order chi connectivity index (χ1) is 18.7. The highest BCUT2D eigenvalue weighted by Crippen LogP contribution is 2.34. The molecule has 0 aliphatic carbocycles. The van der Waals surface area contributed by atoms with Crippen molar-refractivity contribution >= 4 is 51.4 Å². The zero-order valence-electron chi connectivity index (χ0n) is 20.5. The normalized spacial score (nSPS) is 10.6. The molecule has 39 heavy (non-hydrogen) atoms. The number of aromatic nitrogens is 5. The summed E-state index contributed by atoms with van der Waals surface area (Å²) in [5, 5.41) is 7.11. The number of pyridine rings is 2. The van der Waals surface area contributed by atoms with Crippen LogP contribution in [0.2, 0.25) is 0 Å². The van der Waals surface area contributed by atoms with E-state index in [-0.39, 0.29) is 24.0 Å². The number of nitrogens with one attached hydrogen (secondary N) is 2. The van der Waals surface area contributed by atoms with Gasteiger partial charge in [0.15, 0.2) is 5.82 Å². The summed E-state index contributed by atoms with van der Waals surface area (Å²) in [6.45, 7) is 0.461. The van der Waals surface area contributed by atoms with Gasteiger partial charge in [0.25, 0.3) is 5.91 Å². The van der Waals surface area contributed by atoms with Gasteiger partial charge in [-0.1, -0.05) is 48.5 Å². The third kappa shape index (κ3) is 5.90. The monoisotopic (exact) mass is 551 g/mol. The van der Waals surface area contributed by atoms with Crippen LogP contribution in [0.1, 0.15) is 16.2 Å². The maximum absolute atomic E-state index is 13.5. The van der Waals surface area contributed by atoms with Gasteiger partial charge in [-0.05, 0) is 30.3 Å². The first kappa shape index (κ1) is 25.9. The second-order valence-electron chi connectivity index (χ2n) is 8.36. The molecule has 0 spiro atoms. The van der Waals surface area contributed by atoms with Crippen LogP contribution in [0.3, 0.4) is 0 Å². The molecule has 0 aliphatic rings. The zero-order valence-corrected chi connectivity index (χ0v) is 22.1. The van der Waals surface area contributed by atoms with Crippen LogP contribution in [0.15, 0.2) is 104 Å². The summed E-state index contributed by atoms with van der Waals surface area (Å²) in [5.74, 6) is 0.635. The van der Waals surface area contributed by atoms with Crippen molar-refractivity contribution in [1.82, 2.24) is 24.9 Å². The van der Waals surface area contributed by atoms with Crippen molar-refractivity contribution in [3.8, 4) is 22.0 Å². The van der Waals surface area contributed by atoms with E-state index in [9.17, 15) is 4.79 Å². The van der Waals surface area contributed by atoms with E-state index in [0.717, 1.165) is 32.0 Å². The Balaban J connectivity index is 0.00000308. The van der Waals surface area contributed by atoms with E-state index >= 15 is 0 Å². The zero-order chi connectivity index (χ0) is 25.7. The minimum Gasteiger partial charge on any atom is -0.364 e. The quantitative estimate of drug-likeness (QED) is 0.233. The molecule has 2 aromatic carbocycles. The number of amides is 1. The molecule has 2 N–H and O–H groups in total. The Labute approximate surface area is 234 Å². The van der Waals surface area contributed by atoms with Crippen LogP contribution in [0.25, 0.3) is 32.2 Å². The van der Waals surface area contributed by atoms with Crippen LogP contribution in [0, 0.1) is 0 Å². The fourth-order valence-corrected chi connectivity index (χ4v) is 4.89.